The van der Waals surface area contributed by atoms with Gasteiger partial charge in [-0.1, -0.05) is 0 Å². The summed E-state index contributed by atoms with van der Waals surface area (Å²) in [5, 5.41) is 3.60. The van der Waals surface area contributed by atoms with Gasteiger partial charge in [-0.2, -0.15) is 18.7 Å². The van der Waals surface area contributed by atoms with Gasteiger partial charge in [0.25, 0.3) is 0 Å². The molecule has 0 radical (unpaired) electrons. The lowest BCUT2D eigenvalue weighted by atomic mass is 9.53. The van der Waals surface area contributed by atoms with Crippen LogP contribution >= 0.6 is 0 Å². The third-order valence-corrected chi connectivity index (χ3v) is 5.38. The summed E-state index contributed by atoms with van der Waals surface area (Å²) in [5.41, 5.74) is 2.28. The van der Waals surface area contributed by atoms with Crippen molar-refractivity contribution in [1.82, 2.24) is 10.8 Å². The molecule has 0 spiro atoms. The van der Waals surface area contributed by atoms with Crippen molar-refractivity contribution < 1.29 is 22.8 Å². The maximum absolute atomic E-state index is 12.0. The summed E-state index contributed by atoms with van der Waals surface area (Å²) in [6, 6.07) is -0.0442. The van der Waals surface area contributed by atoms with E-state index in [1.807, 2.05) is 6.92 Å². The van der Waals surface area contributed by atoms with E-state index in [0.29, 0.717) is 0 Å². The highest BCUT2D eigenvalue weighted by Crippen LogP contribution is 2.55. The van der Waals surface area contributed by atoms with Crippen molar-refractivity contribution in [2.24, 2.45) is 17.8 Å². The fourth-order valence-electron chi connectivity index (χ4n) is 5.15. The zero-order chi connectivity index (χ0) is 16.0. The molecule has 2 N–H and O–H groups in total. The average Bonchev–Trinajstić information content (AvgIpc) is 2.34. The van der Waals surface area contributed by atoms with Gasteiger partial charge in [-0.15, -0.1) is 0 Å². The summed E-state index contributed by atoms with van der Waals surface area (Å²) < 4.78 is 36.1. The summed E-state index contributed by atoms with van der Waals surface area (Å²) in [6.07, 6.45) is 2.59. The number of nitrogens with one attached hydrogen (secondary N) is 2. The molecule has 4 aliphatic carbocycles. The van der Waals surface area contributed by atoms with Gasteiger partial charge in [0.1, 0.15) is 0 Å². The van der Waals surface area contributed by atoms with Crippen molar-refractivity contribution in [2.75, 3.05) is 6.54 Å². The normalized spacial score (nSPS) is 38.1. The molecule has 1 unspecified atom stereocenters. The van der Waals surface area contributed by atoms with Crippen molar-refractivity contribution in [1.29, 1.82) is 0 Å². The SMILES string of the molecule is CC(CNOC(=O)C(F)(F)F)NC12CC3CC(CC(C3)C1)C2. The van der Waals surface area contributed by atoms with Crippen LogP contribution in [0.4, 0.5) is 13.2 Å². The maximum Gasteiger partial charge on any atom is 0.492 e. The van der Waals surface area contributed by atoms with Gasteiger partial charge in [0.15, 0.2) is 0 Å². The largest absolute Gasteiger partial charge is 0.492 e. The van der Waals surface area contributed by atoms with Crippen LogP contribution in [-0.2, 0) is 9.63 Å². The predicted octanol–water partition coefficient (Wildman–Crippen LogP) is 2.54. The first-order valence-electron chi connectivity index (χ1n) is 8.04. The van der Waals surface area contributed by atoms with Gasteiger partial charge in [0.05, 0.1) is 0 Å². The molecule has 1 atom stereocenters. The van der Waals surface area contributed by atoms with Crippen molar-refractivity contribution in [3.63, 3.8) is 0 Å². The number of hydrogen-bond acceptors (Lipinski definition) is 4. The Labute approximate surface area is 128 Å². The van der Waals surface area contributed by atoms with Gasteiger partial charge in [0.2, 0.25) is 0 Å². The van der Waals surface area contributed by atoms with E-state index in [1.54, 1.807) is 0 Å². The van der Waals surface area contributed by atoms with E-state index in [2.05, 4.69) is 15.6 Å². The van der Waals surface area contributed by atoms with Crippen LogP contribution in [-0.4, -0.2) is 30.3 Å². The van der Waals surface area contributed by atoms with Gasteiger partial charge in [-0.25, -0.2) is 4.79 Å². The Balaban J connectivity index is 1.46. The zero-order valence-corrected chi connectivity index (χ0v) is 12.7. The Morgan fingerprint density at radius 2 is 1.68 bits per heavy atom. The van der Waals surface area contributed by atoms with Gasteiger partial charge >= 0.3 is 12.1 Å². The van der Waals surface area contributed by atoms with Gasteiger partial charge in [-0.3, -0.25) is 0 Å². The fourth-order valence-corrected chi connectivity index (χ4v) is 5.15. The molecule has 0 aliphatic heterocycles. The topological polar surface area (TPSA) is 50.4 Å². The highest BCUT2D eigenvalue weighted by atomic mass is 19.4. The summed E-state index contributed by atoms with van der Waals surface area (Å²) >= 11 is 0. The van der Waals surface area contributed by atoms with Crippen LogP contribution < -0.4 is 10.8 Å². The van der Waals surface area contributed by atoms with Crippen molar-refractivity contribution in [3.8, 4) is 0 Å². The minimum Gasteiger partial charge on any atom is -0.364 e. The average molecular weight is 320 g/mol. The number of rotatable bonds is 5. The monoisotopic (exact) mass is 320 g/mol. The number of hydroxylamine groups is 1. The second-order valence-corrected chi connectivity index (χ2v) is 7.48. The number of carbonyl (C=O) groups excluding carboxylic acids is 1. The molecule has 4 fully saturated rings. The van der Waals surface area contributed by atoms with E-state index >= 15 is 0 Å². The third kappa shape index (κ3) is 3.40. The van der Waals surface area contributed by atoms with E-state index in [4.69, 9.17) is 0 Å². The van der Waals surface area contributed by atoms with E-state index in [1.165, 1.54) is 38.5 Å². The first kappa shape index (κ1) is 16.1. The molecular weight excluding hydrogens is 297 g/mol. The Hall–Kier alpha value is -0.820. The molecule has 0 aromatic heterocycles. The Kier molecular flexibility index (Phi) is 4.14. The molecule has 0 aromatic carbocycles. The minimum absolute atomic E-state index is 0.0442. The van der Waals surface area contributed by atoms with Crippen LogP contribution in [0.2, 0.25) is 0 Å². The van der Waals surface area contributed by atoms with E-state index < -0.39 is 12.1 Å². The molecule has 4 aliphatic rings. The molecule has 0 heterocycles. The summed E-state index contributed by atoms with van der Waals surface area (Å²) in [7, 11) is 0. The summed E-state index contributed by atoms with van der Waals surface area (Å²) in [5.74, 6) is 0.223. The predicted molar refractivity (Wildman–Crippen MR) is 73.7 cm³/mol. The molecule has 0 amide bonds. The zero-order valence-electron chi connectivity index (χ0n) is 12.7. The van der Waals surface area contributed by atoms with E-state index in [9.17, 15) is 18.0 Å². The van der Waals surface area contributed by atoms with Crippen LogP contribution in [0.25, 0.3) is 0 Å². The Bertz CT molecular complexity index is 404. The molecule has 0 saturated heterocycles. The highest BCUT2D eigenvalue weighted by Gasteiger charge is 2.51. The lowest BCUT2D eigenvalue weighted by Gasteiger charge is -2.57. The van der Waals surface area contributed by atoms with Crippen molar-refractivity contribution in [3.05, 3.63) is 0 Å². The van der Waals surface area contributed by atoms with Crippen LogP contribution in [0.5, 0.6) is 0 Å². The van der Waals surface area contributed by atoms with E-state index in [0.717, 1.165) is 17.8 Å². The Morgan fingerprint density at radius 1 is 1.18 bits per heavy atom. The molecular formula is C15H23F3N2O2. The molecule has 4 nitrogen and oxygen atoms in total. The van der Waals surface area contributed by atoms with Gasteiger partial charge < -0.3 is 10.2 Å². The number of halogens is 3. The second-order valence-electron chi connectivity index (χ2n) is 7.48. The molecule has 7 heteroatoms. The number of hydrogen-bond donors (Lipinski definition) is 2. The third-order valence-electron chi connectivity index (χ3n) is 5.38. The number of alkyl halides is 3. The smallest absolute Gasteiger partial charge is 0.364 e. The van der Waals surface area contributed by atoms with Gasteiger partial charge in [-0.05, 0) is 63.2 Å². The van der Waals surface area contributed by atoms with Crippen LogP contribution in [0, 0.1) is 17.8 Å². The van der Waals surface area contributed by atoms with Crippen LogP contribution in [0.3, 0.4) is 0 Å². The Morgan fingerprint density at radius 3 is 2.14 bits per heavy atom. The maximum atomic E-state index is 12.0. The lowest BCUT2D eigenvalue weighted by molar-refractivity contribution is -0.207. The highest BCUT2D eigenvalue weighted by molar-refractivity contribution is 5.75. The first-order valence-corrected chi connectivity index (χ1v) is 8.04. The first-order chi connectivity index (χ1) is 10.3. The molecule has 4 bridgehead atoms. The second kappa shape index (κ2) is 5.67. The van der Waals surface area contributed by atoms with Crippen LogP contribution in [0.1, 0.15) is 45.4 Å². The van der Waals surface area contributed by atoms with Crippen molar-refractivity contribution in [2.45, 2.75) is 63.2 Å². The molecule has 126 valence electrons. The molecule has 4 rings (SSSR count). The fraction of sp³-hybridized carbons (Fsp3) is 0.933. The van der Waals surface area contributed by atoms with Gasteiger partial charge in [0, 0.05) is 18.1 Å². The molecule has 4 saturated carbocycles. The van der Waals surface area contributed by atoms with Crippen LogP contribution in [0.15, 0.2) is 0 Å². The minimum atomic E-state index is -4.95. The molecule has 0 aromatic rings. The molecule has 22 heavy (non-hydrogen) atoms. The number of carbonyl (C=O) groups is 1. The van der Waals surface area contributed by atoms with Crippen molar-refractivity contribution >= 4 is 5.97 Å². The lowest BCUT2D eigenvalue weighted by Crippen LogP contribution is -2.61. The van der Waals surface area contributed by atoms with E-state index in [-0.39, 0.29) is 18.1 Å². The standard InChI is InChI=1S/C15H23F3N2O2/c1-9(8-19-22-13(21)15(16,17)18)20-14-5-10-2-11(6-14)4-12(3-10)7-14/h9-12,19-20H,2-8H2,1H3. The summed E-state index contributed by atoms with van der Waals surface area (Å²) in [6.45, 7) is 2.08. The summed E-state index contributed by atoms with van der Waals surface area (Å²) in [4.78, 5) is 14.7. The quantitative estimate of drug-likeness (QED) is 0.765.